The topological polar surface area (TPSA) is 47.6 Å². The van der Waals surface area contributed by atoms with Crippen molar-refractivity contribution in [2.24, 2.45) is 0 Å². The van der Waals surface area contributed by atoms with Crippen LogP contribution in [0.15, 0.2) is 40.9 Å². The Labute approximate surface area is 149 Å². The molecule has 0 radical (unpaired) electrons. The van der Waals surface area contributed by atoms with Gasteiger partial charge in [0, 0.05) is 11.0 Å². The molecule has 1 N–H and O–H groups in total. The molecule has 0 spiro atoms. The van der Waals surface area contributed by atoms with Gasteiger partial charge in [-0.25, -0.2) is 4.39 Å². The summed E-state index contributed by atoms with van der Waals surface area (Å²) in [6.45, 7) is 0.380. The second kappa shape index (κ2) is 8.68. The van der Waals surface area contributed by atoms with E-state index in [0.29, 0.717) is 30.0 Å². The first kappa shape index (κ1) is 18.3. The van der Waals surface area contributed by atoms with Crippen LogP contribution in [-0.2, 0) is 17.6 Å². The van der Waals surface area contributed by atoms with E-state index >= 15 is 0 Å². The molecule has 0 atom stereocenters. The average Bonchev–Trinajstić information content (AvgIpc) is 2.58. The number of amides is 1. The molecule has 24 heavy (non-hydrogen) atoms. The van der Waals surface area contributed by atoms with E-state index in [1.807, 2.05) is 0 Å². The van der Waals surface area contributed by atoms with Crippen molar-refractivity contribution < 1.29 is 18.7 Å². The molecule has 0 saturated carbocycles. The maximum atomic E-state index is 13.5. The van der Waals surface area contributed by atoms with Gasteiger partial charge >= 0.3 is 0 Å². The standard InChI is InChI=1S/C18H19BrFNO3/c1-23-16-9-13(14(19)11-17(16)24-2)10-18(22)21-8-7-12-5-3-4-6-15(12)20/h3-6,9,11H,7-8,10H2,1-2H3,(H,21,22). The van der Waals surface area contributed by atoms with Crippen molar-refractivity contribution in [3.8, 4) is 11.5 Å². The van der Waals surface area contributed by atoms with Gasteiger partial charge in [0.15, 0.2) is 11.5 Å². The first-order valence-corrected chi connectivity index (χ1v) is 8.25. The molecule has 128 valence electrons. The van der Waals surface area contributed by atoms with Gasteiger partial charge in [-0.2, -0.15) is 0 Å². The molecule has 2 aromatic rings. The summed E-state index contributed by atoms with van der Waals surface area (Å²) in [5.41, 5.74) is 1.38. The number of hydrogen-bond acceptors (Lipinski definition) is 3. The van der Waals surface area contributed by atoms with Crippen LogP contribution in [0.5, 0.6) is 11.5 Å². The molecule has 0 fully saturated rings. The maximum absolute atomic E-state index is 13.5. The molecule has 0 aliphatic rings. The number of nitrogens with one attached hydrogen (secondary N) is 1. The predicted octanol–water partition coefficient (Wildman–Crippen LogP) is 3.51. The van der Waals surface area contributed by atoms with Crippen molar-refractivity contribution in [1.29, 1.82) is 0 Å². The molecule has 0 aliphatic carbocycles. The third kappa shape index (κ3) is 4.71. The summed E-state index contributed by atoms with van der Waals surface area (Å²) in [5, 5.41) is 2.80. The van der Waals surface area contributed by atoms with Crippen molar-refractivity contribution in [2.75, 3.05) is 20.8 Å². The van der Waals surface area contributed by atoms with Crippen LogP contribution in [0, 0.1) is 5.82 Å². The molecule has 0 bridgehead atoms. The Morgan fingerprint density at radius 3 is 2.46 bits per heavy atom. The molecule has 2 aromatic carbocycles. The third-order valence-corrected chi connectivity index (χ3v) is 4.32. The van der Waals surface area contributed by atoms with Crippen LogP contribution in [0.1, 0.15) is 11.1 Å². The fourth-order valence-electron chi connectivity index (χ4n) is 2.30. The zero-order valence-electron chi connectivity index (χ0n) is 13.6. The molecular formula is C18H19BrFNO3. The molecule has 2 rings (SSSR count). The van der Waals surface area contributed by atoms with Gasteiger partial charge in [-0.1, -0.05) is 34.1 Å². The lowest BCUT2D eigenvalue weighted by molar-refractivity contribution is -0.120. The van der Waals surface area contributed by atoms with Crippen LogP contribution in [-0.4, -0.2) is 26.7 Å². The minimum atomic E-state index is -0.255. The SMILES string of the molecule is COc1cc(Br)c(CC(=O)NCCc2ccccc2F)cc1OC. The Hall–Kier alpha value is -2.08. The minimum absolute atomic E-state index is 0.140. The molecule has 1 amide bonds. The highest BCUT2D eigenvalue weighted by molar-refractivity contribution is 9.10. The monoisotopic (exact) mass is 395 g/mol. The summed E-state index contributed by atoms with van der Waals surface area (Å²) in [7, 11) is 3.10. The fraction of sp³-hybridized carbons (Fsp3) is 0.278. The number of carbonyl (C=O) groups is 1. The van der Waals surface area contributed by atoms with E-state index in [4.69, 9.17) is 9.47 Å². The van der Waals surface area contributed by atoms with Gasteiger partial charge in [0.25, 0.3) is 0 Å². The molecule has 0 unspecified atom stereocenters. The van der Waals surface area contributed by atoms with Gasteiger partial charge in [-0.3, -0.25) is 4.79 Å². The lowest BCUT2D eigenvalue weighted by Gasteiger charge is -2.12. The number of rotatable bonds is 7. The molecule has 0 heterocycles. The summed E-state index contributed by atoms with van der Waals surface area (Å²) in [6, 6.07) is 10.1. The van der Waals surface area contributed by atoms with Gasteiger partial charge in [-0.05, 0) is 35.7 Å². The highest BCUT2D eigenvalue weighted by atomic mass is 79.9. The van der Waals surface area contributed by atoms with Crippen molar-refractivity contribution in [1.82, 2.24) is 5.32 Å². The minimum Gasteiger partial charge on any atom is -0.493 e. The summed E-state index contributed by atoms with van der Waals surface area (Å²) in [6.07, 6.45) is 0.643. The average molecular weight is 396 g/mol. The van der Waals surface area contributed by atoms with Crippen LogP contribution in [0.2, 0.25) is 0 Å². The highest BCUT2D eigenvalue weighted by Gasteiger charge is 2.12. The van der Waals surface area contributed by atoms with E-state index in [0.717, 1.165) is 10.0 Å². The second-order valence-electron chi connectivity index (χ2n) is 5.17. The summed E-state index contributed by atoms with van der Waals surface area (Å²) >= 11 is 3.43. The first-order chi connectivity index (χ1) is 11.5. The second-order valence-corrected chi connectivity index (χ2v) is 6.02. The first-order valence-electron chi connectivity index (χ1n) is 7.45. The van der Waals surface area contributed by atoms with Crippen molar-refractivity contribution in [2.45, 2.75) is 12.8 Å². The summed E-state index contributed by atoms with van der Waals surface area (Å²) in [4.78, 5) is 12.1. The van der Waals surface area contributed by atoms with Crippen molar-refractivity contribution >= 4 is 21.8 Å². The molecule has 4 nitrogen and oxygen atoms in total. The largest absolute Gasteiger partial charge is 0.493 e. The molecule has 6 heteroatoms. The highest BCUT2D eigenvalue weighted by Crippen LogP contribution is 2.33. The van der Waals surface area contributed by atoms with Gasteiger partial charge < -0.3 is 14.8 Å². The lowest BCUT2D eigenvalue weighted by Crippen LogP contribution is -2.27. The van der Waals surface area contributed by atoms with E-state index in [2.05, 4.69) is 21.2 Å². The number of carbonyl (C=O) groups excluding carboxylic acids is 1. The van der Waals surface area contributed by atoms with Crippen LogP contribution in [0.4, 0.5) is 4.39 Å². The van der Waals surface area contributed by atoms with Gasteiger partial charge in [-0.15, -0.1) is 0 Å². The van der Waals surface area contributed by atoms with Crippen molar-refractivity contribution in [3.05, 3.63) is 57.8 Å². The zero-order valence-corrected chi connectivity index (χ0v) is 15.2. The summed E-state index contributed by atoms with van der Waals surface area (Å²) in [5.74, 6) is 0.761. The smallest absolute Gasteiger partial charge is 0.224 e. The Morgan fingerprint density at radius 2 is 1.79 bits per heavy atom. The number of benzene rings is 2. The van der Waals surface area contributed by atoms with Gasteiger partial charge in [0.2, 0.25) is 5.91 Å². The molecule has 0 saturated heterocycles. The maximum Gasteiger partial charge on any atom is 0.224 e. The summed E-state index contributed by atoms with van der Waals surface area (Å²) < 4.78 is 24.7. The molecular weight excluding hydrogens is 377 g/mol. The van der Waals surface area contributed by atoms with E-state index in [9.17, 15) is 9.18 Å². The van der Waals surface area contributed by atoms with Crippen LogP contribution in [0.25, 0.3) is 0 Å². The van der Waals surface area contributed by atoms with Crippen LogP contribution in [0.3, 0.4) is 0 Å². The Morgan fingerprint density at radius 1 is 1.12 bits per heavy atom. The zero-order chi connectivity index (χ0) is 17.5. The Bertz CT molecular complexity index is 721. The van der Waals surface area contributed by atoms with Gasteiger partial charge in [0.1, 0.15) is 5.82 Å². The number of halogens is 2. The van der Waals surface area contributed by atoms with E-state index < -0.39 is 0 Å². The lowest BCUT2D eigenvalue weighted by atomic mass is 10.1. The number of methoxy groups -OCH3 is 2. The predicted molar refractivity (Wildman–Crippen MR) is 94.1 cm³/mol. The number of ether oxygens (including phenoxy) is 2. The van der Waals surface area contributed by atoms with E-state index in [1.54, 1.807) is 44.6 Å². The Kier molecular flexibility index (Phi) is 6.61. The Balaban J connectivity index is 1.94. The molecule has 0 aromatic heterocycles. The number of hydrogen-bond donors (Lipinski definition) is 1. The quantitative estimate of drug-likeness (QED) is 0.780. The van der Waals surface area contributed by atoms with Crippen LogP contribution >= 0.6 is 15.9 Å². The normalized spacial score (nSPS) is 10.3. The van der Waals surface area contributed by atoms with Crippen molar-refractivity contribution in [3.63, 3.8) is 0 Å². The van der Waals surface area contributed by atoms with Crippen LogP contribution < -0.4 is 14.8 Å². The van der Waals surface area contributed by atoms with E-state index in [1.165, 1.54) is 6.07 Å². The van der Waals surface area contributed by atoms with E-state index in [-0.39, 0.29) is 18.1 Å². The third-order valence-electron chi connectivity index (χ3n) is 3.58. The fourth-order valence-corrected chi connectivity index (χ4v) is 2.77. The van der Waals surface area contributed by atoms with Gasteiger partial charge in [0.05, 0.1) is 20.6 Å². The molecule has 0 aliphatic heterocycles.